The predicted octanol–water partition coefficient (Wildman–Crippen LogP) is 3.21. The highest BCUT2D eigenvalue weighted by atomic mass is 35.5. The summed E-state index contributed by atoms with van der Waals surface area (Å²) in [6, 6.07) is 3.44. The molecule has 1 aromatic rings. The molecule has 0 spiro atoms. The lowest BCUT2D eigenvalue weighted by molar-refractivity contribution is 0.340. The highest BCUT2D eigenvalue weighted by molar-refractivity contribution is 7.80. The average molecular weight is 320 g/mol. The molecule has 1 rings (SSSR count). The van der Waals surface area contributed by atoms with Crippen molar-refractivity contribution >= 4 is 46.7 Å². The number of thiocarbonyl (C=S) groups is 1. The van der Waals surface area contributed by atoms with Crippen molar-refractivity contribution < 1.29 is 4.74 Å². The molecule has 0 amide bonds. The number of nitrogens with one attached hydrogen (secondary N) is 2. The molecule has 0 aliphatic carbocycles. The summed E-state index contributed by atoms with van der Waals surface area (Å²) in [6.45, 7) is 5.06. The van der Waals surface area contributed by atoms with Gasteiger partial charge in [0.05, 0.1) is 22.9 Å². The average Bonchev–Trinajstić information content (AvgIpc) is 2.34. The number of hydrogen-bond acceptors (Lipinski definition) is 3. The maximum Gasteiger partial charge on any atom is 0.186 e. The highest BCUT2D eigenvalue weighted by Crippen LogP contribution is 2.33. The Morgan fingerprint density at radius 1 is 1.37 bits per heavy atom. The Morgan fingerprint density at radius 2 is 2.00 bits per heavy atom. The summed E-state index contributed by atoms with van der Waals surface area (Å²) < 4.78 is 5.34. The molecule has 0 heterocycles. The number of hydrazone groups is 1. The van der Waals surface area contributed by atoms with Gasteiger partial charge in [-0.05, 0) is 43.8 Å². The fraction of sp³-hybridized carbons (Fsp3) is 0.333. The van der Waals surface area contributed by atoms with Crippen LogP contribution in [-0.4, -0.2) is 24.5 Å². The summed E-state index contributed by atoms with van der Waals surface area (Å²) in [5.74, 6) is 0.485. The van der Waals surface area contributed by atoms with Gasteiger partial charge in [0.25, 0.3) is 0 Å². The maximum atomic E-state index is 6.07. The third kappa shape index (κ3) is 5.22. The summed E-state index contributed by atoms with van der Waals surface area (Å²) in [5.41, 5.74) is 3.44. The van der Waals surface area contributed by atoms with Crippen LogP contribution in [0.1, 0.15) is 19.4 Å². The van der Waals surface area contributed by atoms with E-state index >= 15 is 0 Å². The van der Waals surface area contributed by atoms with E-state index in [1.54, 1.807) is 18.3 Å². The second kappa shape index (κ2) is 8.19. The van der Waals surface area contributed by atoms with E-state index in [1.807, 2.05) is 13.8 Å². The minimum Gasteiger partial charge on any atom is -0.491 e. The summed E-state index contributed by atoms with van der Waals surface area (Å²) in [6.07, 6.45) is 1.58. The van der Waals surface area contributed by atoms with Gasteiger partial charge in [-0.1, -0.05) is 23.2 Å². The Bertz CT molecular complexity index is 457. The second-order valence-electron chi connectivity index (χ2n) is 3.48. The van der Waals surface area contributed by atoms with Gasteiger partial charge in [0.2, 0.25) is 0 Å². The standard InChI is InChI=1S/C12H15Cl2N3OS/c1-3-15-12(19)17-16-7-8-5-9(13)11(18-4-2)10(14)6-8/h5-7H,3-4H2,1-2H3,(H2,15,17,19)/b16-7+. The van der Waals surface area contributed by atoms with Crippen molar-refractivity contribution in [3.63, 3.8) is 0 Å². The fourth-order valence-corrected chi connectivity index (χ4v) is 2.11. The first-order valence-corrected chi connectivity index (χ1v) is 6.93. The van der Waals surface area contributed by atoms with E-state index in [-0.39, 0.29) is 0 Å². The first kappa shape index (κ1) is 16.0. The van der Waals surface area contributed by atoms with Crippen molar-refractivity contribution in [1.29, 1.82) is 0 Å². The molecule has 0 aliphatic rings. The molecule has 104 valence electrons. The lowest BCUT2D eigenvalue weighted by Crippen LogP contribution is -2.31. The normalized spacial score (nSPS) is 10.5. The Kier molecular flexibility index (Phi) is 6.91. The van der Waals surface area contributed by atoms with Gasteiger partial charge in [-0.3, -0.25) is 5.43 Å². The smallest absolute Gasteiger partial charge is 0.186 e. The molecule has 0 unspecified atom stereocenters. The van der Waals surface area contributed by atoms with Gasteiger partial charge < -0.3 is 10.1 Å². The van der Waals surface area contributed by atoms with Crippen LogP contribution >= 0.6 is 35.4 Å². The van der Waals surface area contributed by atoms with Gasteiger partial charge in [-0.25, -0.2) is 0 Å². The molecule has 0 bridgehead atoms. The van der Waals surface area contributed by atoms with Crippen LogP contribution in [0.5, 0.6) is 5.75 Å². The van der Waals surface area contributed by atoms with Crippen molar-refractivity contribution in [3.8, 4) is 5.75 Å². The van der Waals surface area contributed by atoms with E-state index < -0.39 is 0 Å². The number of benzene rings is 1. The predicted molar refractivity (Wildman–Crippen MR) is 84.6 cm³/mol. The van der Waals surface area contributed by atoms with Gasteiger partial charge in [-0.2, -0.15) is 5.10 Å². The molecule has 0 saturated carbocycles. The first-order chi connectivity index (χ1) is 9.08. The SMILES string of the molecule is CCNC(=S)N/N=C/c1cc(Cl)c(OCC)c(Cl)c1. The molecule has 0 fully saturated rings. The summed E-state index contributed by atoms with van der Waals surface area (Å²) in [7, 11) is 0. The summed E-state index contributed by atoms with van der Waals surface area (Å²) in [4.78, 5) is 0. The molecule has 0 atom stereocenters. The maximum absolute atomic E-state index is 6.07. The zero-order chi connectivity index (χ0) is 14.3. The molecule has 0 saturated heterocycles. The number of rotatable bonds is 5. The van der Waals surface area contributed by atoms with Gasteiger partial charge >= 0.3 is 0 Å². The van der Waals surface area contributed by atoms with Gasteiger partial charge in [0, 0.05) is 6.54 Å². The number of hydrogen-bond donors (Lipinski definition) is 2. The Labute approximate surface area is 128 Å². The number of nitrogens with zero attached hydrogens (tertiary/aromatic N) is 1. The molecule has 2 N–H and O–H groups in total. The largest absolute Gasteiger partial charge is 0.491 e. The van der Waals surface area contributed by atoms with Crippen LogP contribution < -0.4 is 15.5 Å². The van der Waals surface area contributed by atoms with Crippen LogP contribution in [0.4, 0.5) is 0 Å². The quantitative estimate of drug-likeness (QED) is 0.497. The van der Waals surface area contributed by atoms with E-state index in [9.17, 15) is 0 Å². The van der Waals surface area contributed by atoms with E-state index in [1.165, 1.54) is 0 Å². The minimum atomic E-state index is 0.449. The van der Waals surface area contributed by atoms with E-state index in [0.29, 0.717) is 27.5 Å². The summed E-state index contributed by atoms with van der Waals surface area (Å²) in [5, 5.41) is 8.25. The molecule has 7 heteroatoms. The van der Waals surface area contributed by atoms with Crippen LogP contribution in [0.2, 0.25) is 10.0 Å². The van der Waals surface area contributed by atoms with Crippen LogP contribution in [-0.2, 0) is 0 Å². The molecule has 1 aromatic carbocycles. The molecule has 0 aliphatic heterocycles. The van der Waals surface area contributed by atoms with Crippen molar-refractivity contribution in [2.24, 2.45) is 5.10 Å². The van der Waals surface area contributed by atoms with Gasteiger partial charge in [-0.15, -0.1) is 0 Å². The van der Waals surface area contributed by atoms with E-state index in [2.05, 4.69) is 15.8 Å². The molecule has 0 radical (unpaired) electrons. The monoisotopic (exact) mass is 319 g/mol. The zero-order valence-electron chi connectivity index (χ0n) is 10.7. The van der Waals surface area contributed by atoms with Crippen molar-refractivity contribution in [2.45, 2.75) is 13.8 Å². The Balaban J connectivity index is 2.75. The number of halogens is 2. The Hall–Kier alpha value is -1.04. The topological polar surface area (TPSA) is 45.7 Å². The molecule has 0 aromatic heterocycles. The molecular formula is C12H15Cl2N3OS. The zero-order valence-corrected chi connectivity index (χ0v) is 13.0. The lowest BCUT2D eigenvalue weighted by Gasteiger charge is -2.08. The minimum absolute atomic E-state index is 0.449. The van der Waals surface area contributed by atoms with E-state index in [0.717, 1.165) is 12.1 Å². The highest BCUT2D eigenvalue weighted by Gasteiger charge is 2.08. The lowest BCUT2D eigenvalue weighted by atomic mass is 10.2. The van der Waals surface area contributed by atoms with Crippen LogP contribution in [0, 0.1) is 0 Å². The second-order valence-corrected chi connectivity index (χ2v) is 4.70. The summed E-state index contributed by atoms with van der Waals surface area (Å²) >= 11 is 17.1. The van der Waals surface area contributed by atoms with Crippen LogP contribution in [0.25, 0.3) is 0 Å². The van der Waals surface area contributed by atoms with Crippen molar-refractivity contribution in [1.82, 2.24) is 10.7 Å². The molecule has 19 heavy (non-hydrogen) atoms. The van der Waals surface area contributed by atoms with Crippen LogP contribution in [0.3, 0.4) is 0 Å². The van der Waals surface area contributed by atoms with Gasteiger partial charge in [0.15, 0.2) is 10.9 Å². The fourth-order valence-electron chi connectivity index (χ4n) is 1.30. The third-order valence-corrected chi connectivity index (χ3v) is 2.82. The van der Waals surface area contributed by atoms with Gasteiger partial charge in [0.1, 0.15) is 0 Å². The van der Waals surface area contributed by atoms with Crippen molar-refractivity contribution in [3.05, 3.63) is 27.7 Å². The van der Waals surface area contributed by atoms with E-state index in [4.69, 9.17) is 40.2 Å². The van der Waals surface area contributed by atoms with Crippen LogP contribution in [0.15, 0.2) is 17.2 Å². The Morgan fingerprint density at radius 3 is 2.53 bits per heavy atom. The molecular weight excluding hydrogens is 305 g/mol. The van der Waals surface area contributed by atoms with Crippen molar-refractivity contribution in [2.75, 3.05) is 13.2 Å². The molecule has 4 nitrogen and oxygen atoms in total. The number of ether oxygens (including phenoxy) is 1. The third-order valence-electron chi connectivity index (χ3n) is 2.03. The first-order valence-electron chi connectivity index (χ1n) is 5.77.